The summed E-state index contributed by atoms with van der Waals surface area (Å²) in [4.78, 5) is 21.9. The van der Waals surface area contributed by atoms with Crippen LogP contribution in [0.1, 0.15) is 55.7 Å². The molecule has 2 aromatic carbocycles. The second-order valence-corrected chi connectivity index (χ2v) is 11.0. The molecule has 6 nitrogen and oxygen atoms in total. The Balaban J connectivity index is 1.75. The zero-order valence-electron chi connectivity index (χ0n) is 23.1. The molecule has 2 aromatic heterocycles. The van der Waals surface area contributed by atoms with Gasteiger partial charge in [0.05, 0.1) is 17.9 Å². The molecule has 1 aliphatic rings. The van der Waals surface area contributed by atoms with Crippen LogP contribution in [0.3, 0.4) is 0 Å². The van der Waals surface area contributed by atoms with Crippen LogP contribution in [0.15, 0.2) is 67.0 Å². The lowest BCUT2D eigenvalue weighted by atomic mass is 9.87. The summed E-state index contributed by atoms with van der Waals surface area (Å²) in [6, 6.07) is 18.3. The van der Waals surface area contributed by atoms with E-state index in [9.17, 15) is 9.90 Å². The normalized spacial score (nSPS) is 13.9. The van der Waals surface area contributed by atoms with E-state index in [1.54, 1.807) is 6.20 Å². The number of aryl methyl sites for hydroxylation is 2. The van der Waals surface area contributed by atoms with E-state index in [0.29, 0.717) is 17.9 Å². The molecule has 0 saturated carbocycles. The summed E-state index contributed by atoms with van der Waals surface area (Å²) in [5.41, 5.74) is 8.17. The Hall–Kier alpha value is -4.03. The van der Waals surface area contributed by atoms with Crippen molar-refractivity contribution in [2.75, 3.05) is 6.61 Å². The first kappa shape index (κ1) is 26.6. The fourth-order valence-electron chi connectivity index (χ4n) is 5.27. The van der Waals surface area contributed by atoms with Gasteiger partial charge >= 0.3 is 5.97 Å². The number of fused-ring (bicyclic) bond motifs is 1. The first-order valence-electron chi connectivity index (χ1n) is 13.3. The number of aromatic nitrogens is 2. The van der Waals surface area contributed by atoms with E-state index < -0.39 is 17.7 Å². The Morgan fingerprint density at radius 1 is 1.00 bits per heavy atom. The summed E-state index contributed by atoms with van der Waals surface area (Å²) in [6.07, 6.45) is 4.30. The molecule has 200 valence electrons. The van der Waals surface area contributed by atoms with Gasteiger partial charge in [0.1, 0.15) is 5.75 Å². The molecule has 0 bridgehead atoms. The van der Waals surface area contributed by atoms with Crippen molar-refractivity contribution in [1.82, 2.24) is 9.97 Å². The lowest BCUT2D eigenvalue weighted by molar-refractivity contribution is -0.160. The van der Waals surface area contributed by atoms with Gasteiger partial charge in [-0.25, -0.2) is 4.79 Å². The van der Waals surface area contributed by atoms with Crippen molar-refractivity contribution < 1.29 is 19.4 Å². The number of pyridine rings is 2. The highest BCUT2D eigenvalue weighted by Gasteiger charge is 2.33. The fraction of sp³-hybridized carbons (Fsp3) is 0.303. The molecule has 0 unspecified atom stereocenters. The number of carboxylic acids is 1. The summed E-state index contributed by atoms with van der Waals surface area (Å²) in [5.74, 6) is -0.150. The molecule has 0 aliphatic carbocycles. The number of nitrogens with zero attached hydrogens (tertiary/aromatic N) is 2. The maximum absolute atomic E-state index is 12.6. The van der Waals surface area contributed by atoms with Gasteiger partial charge in [0.25, 0.3) is 0 Å². The maximum atomic E-state index is 12.6. The topological polar surface area (TPSA) is 81.5 Å². The van der Waals surface area contributed by atoms with Crippen LogP contribution >= 0.6 is 0 Å². The first-order valence-corrected chi connectivity index (χ1v) is 13.3. The number of carbonyl (C=O) groups is 1. The van der Waals surface area contributed by atoms with Crippen LogP contribution < -0.4 is 4.74 Å². The molecule has 4 aromatic rings. The smallest absolute Gasteiger partial charge is 0.337 e. The number of carboxylic acid groups (broad SMARTS) is 1. The van der Waals surface area contributed by atoms with E-state index >= 15 is 0 Å². The molecule has 1 atom stereocenters. The van der Waals surface area contributed by atoms with Crippen LogP contribution in [-0.2, 0) is 16.0 Å². The monoisotopic (exact) mass is 522 g/mol. The van der Waals surface area contributed by atoms with E-state index in [1.165, 1.54) is 0 Å². The minimum absolute atomic E-state index is 0.582. The molecular weight excluding hydrogens is 488 g/mol. The zero-order valence-corrected chi connectivity index (χ0v) is 23.1. The molecule has 5 rings (SSSR count). The summed E-state index contributed by atoms with van der Waals surface area (Å²) in [5, 5.41) is 10.3. The van der Waals surface area contributed by atoms with Gasteiger partial charge in [-0.3, -0.25) is 9.97 Å². The highest BCUT2D eigenvalue weighted by atomic mass is 16.5. The van der Waals surface area contributed by atoms with Crippen molar-refractivity contribution in [3.63, 3.8) is 0 Å². The van der Waals surface area contributed by atoms with Crippen LogP contribution in [0.2, 0.25) is 0 Å². The molecule has 0 radical (unpaired) electrons. The van der Waals surface area contributed by atoms with Gasteiger partial charge < -0.3 is 14.6 Å². The minimum atomic E-state index is -1.17. The Labute approximate surface area is 229 Å². The quantitative estimate of drug-likeness (QED) is 0.285. The van der Waals surface area contributed by atoms with Crippen molar-refractivity contribution in [3.05, 3.63) is 89.4 Å². The predicted molar refractivity (Wildman–Crippen MR) is 153 cm³/mol. The Kier molecular flexibility index (Phi) is 7.23. The fourth-order valence-corrected chi connectivity index (χ4v) is 5.27. The van der Waals surface area contributed by atoms with Gasteiger partial charge in [0, 0.05) is 34.8 Å². The number of benzene rings is 2. The van der Waals surface area contributed by atoms with E-state index in [2.05, 4.69) is 23.2 Å². The van der Waals surface area contributed by atoms with Gasteiger partial charge in [-0.2, -0.15) is 0 Å². The van der Waals surface area contributed by atoms with E-state index in [1.807, 2.05) is 77.2 Å². The van der Waals surface area contributed by atoms with Crippen LogP contribution in [-0.4, -0.2) is 33.3 Å². The van der Waals surface area contributed by atoms with Gasteiger partial charge in [-0.15, -0.1) is 0 Å². The van der Waals surface area contributed by atoms with E-state index in [0.717, 1.165) is 63.2 Å². The number of rotatable bonds is 6. The predicted octanol–water partition coefficient (Wildman–Crippen LogP) is 7.36. The molecule has 3 heterocycles. The lowest BCUT2D eigenvalue weighted by Gasteiger charge is -2.29. The van der Waals surface area contributed by atoms with E-state index in [4.69, 9.17) is 14.5 Å². The number of ether oxygens (including phenoxy) is 2. The molecular formula is C33H34N2O4. The second-order valence-electron chi connectivity index (χ2n) is 11.0. The molecule has 6 heteroatoms. The minimum Gasteiger partial charge on any atom is -0.493 e. The zero-order chi connectivity index (χ0) is 27.7. The highest BCUT2D eigenvalue weighted by Crippen LogP contribution is 2.42. The maximum Gasteiger partial charge on any atom is 0.337 e. The SMILES string of the molecule is Cc1nc(-c2cccc(-c3cccnc3)c2)c(C)c(-c2ccc3c(c2)CCCO3)c1[C@H](OC(C)(C)C)C(=O)O. The molecule has 1 aliphatic heterocycles. The number of aliphatic carboxylic acids is 1. The molecule has 0 saturated heterocycles. The van der Waals surface area contributed by atoms with Crippen LogP contribution in [0, 0.1) is 13.8 Å². The average molecular weight is 523 g/mol. The number of hydrogen-bond donors (Lipinski definition) is 1. The summed E-state index contributed by atoms with van der Waals surface area (Å²) in [7, 11) is 0. The van der Waals surface area contributed by atoms with Gasteiger partial charge in [-0.1, -0.05) is 30.3 Å². The van der Waals surface area contributed by atoms with Gasteiger partial charge in [-0.05, 0) is 99.5 Å². The summed E-state index contributed by atoms with van der Waals surface area (Å²) < 4.78 is 12.0. The van der Waals surface area contributed by atoms with E-state index in [-0.39, 0.29) is 0 Å². The third-order valence-corrected chi connectivity index (χ3v) is 6.95. The van der Waals surface area contributed by atoms with Crippen molar-refractivity contribution in [1.29, 1.82) is 0 Å². The Morgan fingerprint density at radius 3 is 2.49 bits per heavy atom. The third-order valence-electron chi connectivity index (χ3n) is 6.95. The third kappa shape index (κ3) is 5.57. The Bertz CT molecular complexity index is 1520. The van der Waals surface area contributed by atoms with Gasteiger partial charge in [0.15, 0.2) is 6.10 Å². The molecule has 0 fully saturated rings. The first-order chi connectivity index (χ1) is 18.6. The largest absolute Gasteiger partial charge is 0.493 e. The van der Waals surface area contributed by atoms with Gasteiger partial charge in [0.2, 0.25) is 0 Å². The second kappa shape index (κ2) is 10.6. The number of hydrogen-bond acceptors (Lipinski definition) is 5. The summed E-state index contributed by atoms with van der Waals surface area (Å²) >= 11 is 0. The standard InChI is InChI=1S/C33H34N2O4/c1-20-28(24-13-14-27-23(18-24)12-8-16-38-27)29(31(32(36)37)39-33(3,4)5)21(2)35-30(20)25-10-6-9-22(17-25)26-11-7-15-34-19-26/h6-7,9-11,13-15,17-19,31H,8,12,16H2,1-5H3,(H,36,37)/t31-/m0/s1. The highest BCUT2D eigenvalue weighted by molar-refractivity contribution is 5.86. The van der Waals surface area contributed by atoms with Crippen molar-refractivity contribution in [2.24, 2.45) is 0 Å². The summed E-state index contributed by atoms with van der Waals surface area (Å²) in [6.45, 7) is 10.2. The van der Waals surface area contributed by atoms with Crippen molar-refractivity contribution >= 4 is 5.97 Å². The van der Waals surface area contributed by atoms with Crippen molar-refractivity contribution in [2.45, 2.75) is 59.2 Å². The Morgan fingerprint density at radius 2 is 1.77 bits per heavy atom. The van der Waals surface area contributed by atoms with Crippen LogP contribution in [0.4, 0.5) is 0 Å². The molecule has 1 N–H and O–H groups in total. The van der Waals surface area contributed by atoms with Crippen LogP contribution in [0.25, 0.3) is 33.5 Å². The van der Waals surface area contributed by atoms with Crippen molar-refractivity contribution in [3.8, 4) is 39.3 Å². The van der Waals surface area contributed by atoms with Crippen LogP contribution in [0.5, 0.6) is 5.75 Å². The molecule has 39 heavy (non-hydrogen) atoms. The molecule has 0 spiro atoms. The molecule has 0 amide bonds. The average Bonchev–Trinajstić information content (AvgIpc) is 2.92. The lowest BCUT2D eigenvalue weighted by Crippen LogP contribution is -2.28.